The Balaban J connectivity index is 1.99. The third kappa shape index (κ3) is 5.16. The molecule has 0 spiro atoms. The van der Waals surface area contributed by atoms with E-state index in [4.69, 9.17) is 10.5 Å². The first-order chi connectivity index (χ1) is 15.5. The first kappa shape index (κ1) is 23.1. The van der Waals surface area contributed by atoms with Crippen molar-refractivity contribution in [1.29, 1.82) is 10.5 Å². The van der Waals surface area contributed by atoms with Gasteiger partial charge in [0.15, 0.2) is 5.16 Å². The number of benzene rings is 2. The number of nitriles is 2. The van der Waals surface area contributed by atoms with E-state index in [9.17, 15) is 9.59 Å². The molecule has 1 amide bonds. The Labute approximate surface area is 190 Å². The van der Waals surface area contributed by atoms with Crippen molar-refractivity contribution in [3.05, 3.63) is 63.9 Å². The van der Waals surface area contributed by atoms with Gasteiger partial charge in [-0.25, -0.2) is 4.98 Å². The van der Waals surface area contributed by atoms with Gasteiger partial charge in [-0.15, -0.1) is 0 Å². The van der Waals surface area contributed by atoms with Gasteiger partial charge < -0.3 is 4.90 Å². The molecule has 0 atom stereocenters. The van der Waals surface area contributed by atoms with E-state index < -0.39 is 0 Å². The predicted molar refractivity (Wildman–Crippen MR) is 125 cm³/mol. The Bertz CT molecular complexity index is 1270. The average molecular weight is 446 g/mol. The molecule has 7 nitrogen and oxygen atoms in total. The van der Waals surface area contributed by atoms with Crippen LogP contribution in [0.25, 0.3) is 16.6 Å². The molecule has 2 aromatic carbocycles. The van der Waals surface area contributed by atoms with Crippen LogP contribution in [0.15, 0.2) is 52.4 Å². The fourth-order valence-corrected chi connectivity index (χ4v) is 4.17. The first-order valence-corrected chi connectivity index (χ1v) is 11.2. The predicted octanol–water partition coefficient (Wildman–Crippen LogP) is 3.75. The largest absolute Gasteiger partial charge is 0.340 e. The fourth-order valence-electron chi connectivity index (χ4n) is 3.25. The molecule has 0 saturated heterocycles. The lowest BCUT2D eigenvalue weighted by Gasteiger charge is -2.20. The SMILES string of the molecule is Cc1ccc(-n2c(SCC(=O)N(CCC#N)CCC#N)nc3ccccc3c2=O)cc1C. The van der Waals surface area contributed by atoms with Crippen LogP contribution in [-0.4, -0.2) is 39.2 Å². The Kier molecular flexibility index (Phi) is 7.64. The maximum atomic E-state index is 13.3. The highest BCUT2D eigenvalue weighted by atomic mass is 32.2. The zero-order valence-corrected chi connectivity index (χ0v) is 18.9. The van der Waals surface area contributed by atoms with Crippen LogP contribution in [0.1, 0.15) is 24.0 Å². The summed E-state index contributed by atoms with van der Waals surface area (Å²) < 4.78 is 1.54. The van der Waals surface area contributed by atoms with Crippen LogP contribution < -0.4 is 5.56 Å². The molecule has 32 heavy (non-hydrogen) atoms. The normalized spacial score (nSPS) is 10.5. The molecule has 0 aliphatic carbocycles. The number of amides is 1. The van der Waals surface area contributed by atoms with Gasteiger partial charge in [-0.3, -0.25) is 14.2 Å². The molecule has 8 heteroatoms. The maximum absolute atomic E-state index is 13.3. The smallest absolute Gasteiger partial charge is 0.266 e. The number of hydrogen-bond acceptors (Lipinski definition) is 6. The molecule has 0 bridgehead atoms. The molecular weight excluding hydrogens is 422 g/mol. The van der Waals surface area contributed by atoms with Crippen molar-refractivity contribution in [2.75, 3.05) is 18.8 Å². The Morgan fingerprint density at radius 2 is 1.75 bits per heavy atom. The lowest BCUT2D eigenvalue weighted by atomic mass is 10.1. The Morgan fingerprint density at radius 1 is 1.06 bits per heavy atom. The Morgan fingerprint density at radius 3 is 2.41 bits per heavy atom. The lowest BCUT2D eigenvalue weighted by Crippen LogP contribution is -2.34. The minimum atomic E-state index is -0.199. The highest BCUT2D eigenvalue weighted by Crippen LogP contribution is 2.23. The Hall–Kier alpha value is -3.62. The van der Waals surface area contributed by atoms with Crippen molar-refractivity contribution >= 4 is 28.6 Å². The first-order valence-electron chi connectivity index (χ1n) is 10.2. The van der Waals surface area contributed by atoms with E-state index in [1.54, 1.807) is 22.8 Å². The molecule has 0 radical (unpaired) electrons. The zero-order chi connectivity index (χ0) is 23.1. The van der Waals surface area contributed by atoms with Crippen molar-refractivity contribution in [3.8, 4) is 17.8 Å². The second-order valence-corrected chi connectivity index (χ2v) is 8.25. The number of para-hydroxylation sites is 1. The van der Waals surface area contributed by atoms with Crippen molar-refractivity contribution in [3.63, 3.8) is 0 Å². The highest BCUT2D eigenvalue weighted by Gasteiger charge is 2.18. The van der Waals surface area contributed by atoms with Gasteiger partial charge in [0.25, 0.3) is 5.56 Å². The molecule has 1 aromatic heterocycles. The van der Waals surface area contributed by atoms with E-state index in [-0.39, 0.29) is 43.2 Å². The topological polar surface area (TPSA) is 103 Å². The van der Waals surface area contributed by atoms with Crippen LogP contribution in [0.4, 0.5) is 0 Å². The average Bonchev–Trinajstić information content (AvgIpc) is 2.79. The molecule has 0 N–H and O–H groups in total. The summed E-state index contributed by atoms with van der Waals surface area (Å²) in [6.45, 7) is 4.53. The second-order valence-electron chi connectivity index (χ2n) is 7.31. The van der Waals surface area contributed by atoms with Crippen LogP contribution in [0.3, 0.4) is 0 Å². The third-order valence-electron chi connectivity index (χ3n) is 5.16. The monoisotopic (exact) mass is 445 g/mol. The number of aryl methyl sites for hydroxylation is 2. The summed E-state index contributed by atoms with van der Waals surface area (Å²) in [4.78, 5) is 32.3. The van der Waals surface area contributed by atoms with Crippen LogP contribution in [0.2, 0.25) is 0 Å². The standard InChI is InChI=1S/C24H23N5O2S/c1-17-9-10-19(15-18(17)2)29-23(31)20-7-3-4-8-21(20)27-24(29)32-16-22(30)28(13-5-11-25)14-6-12-26/h3-4,7-10,15H,5-6,13-14,16H2,1-2H3. The van der Waals surface area contributed by atoms with Gasteiger partial charge in [0.2, 0.25) is 5.91 Å². The fraction of sp³-hybridized carbons (Fsp3) is 0.292. The molecular formula is C24H23N5O2S. The number of rotatable bonds is 8. The minimum absolute atomic E-state index is 0.0481. The molecule has 0 aliphatic heterocycles. The number of carbonyl (C=O) groups excluding carboxylic acids is 1. The van der Waals surface area contributed by atoms with Crippen molar-refractivity contribution in [2.45, 2.75) is 31.8 Å². The number of hydrogen-bond donors (Lipinski definition) is 0. The summed E-state index contributed by atoms with van der Waals surface area (Å²) in [5.74, 6) is -0.151. The van der Waals surface area contributed by atoms with E-state index in [0.29, 0.717) is 21.7 Å². The van der Waals surface area contributed by atoms with Gasteiger partial charge in [-0.2, -0.15) is 10.5 Å². The van der Waals surface area contributed by atoms with E-state index in [2.05, 4.69) is 4.98 Å². The van der Waals surface area contributed by atoms with E-state index in [1.807, 2.05) is 50.3 Å². The second kappa shape index (κ2) is 10.6. The molecule has 3 aromatic rings. The summed E-state index contributed by atoms with van der Waals surface area (Å²) in [5, 5.41) is 18.6. The molecule has 0 aliphatic rings. The van der Waals surface area contributed by atoms with Crippen molar-refractivity contribution < 1.29 is 4.79 Å². The van der Waals surface area contributed by atoms with Gasteiger partial charge in [-0.1, -0.05) is 30.0 Å². The quantitative estimate of drug-likeness (QED) is 0.386. The third-order valence-corrected chi connectivity index (χ3v) is 6.08. The van der Waals surface area contributed by atoms with Crippen LogP contribution >= 0.6 is 11.8 Å². The zero-order valence-electron chi connectivity index (χ0n) is 18.0. The molecule has 0 unspecified atom stereocenters. The number of nitrogens with zero attached hydrogens (tertiary/aromatic N) is 5. The number of fused-ring (bicyclic) bond motifs is 1. The van der Waals surface area contributed by atoms with E-state index >= 15 is 0 Å². The van der Waals surface area contributed by atoms with Crippen molar-refractivity contribution in [2.24, 2.45) is 0 Å². The van der Waals surface area contributed by atoms with E-state index in [0.717, 1.165) is 11.1 Å². The van der Waals surface area contributed by atoms with Gasteiger partial charge in [0.1, 0.15) is 0 Å². The molecule has 0 saturated carbocycles. The highest BCUT2D eigenvalue weighted by molar-refractivity contribution is 7.99. The van der Waals surface area contributed by atoms with Crippen LogP contribution in [-0.2, 0) is 4.79 Å². The minimum Gasteiger partial charge on any atom is -0.340 e. The van der Waals surface area contributed by atoms with Gasteiger partial charge in [0.05, 0.1) is 47.3 Å². The molecule has 162 valence electrons. The maximum Gasteiger partial charge on any atom is 0.266 e. The number of thioether (sulfide) groups is 1. The van der Waals surface area contributed by atoms with Crippen LogP contribution in [0.5, 0.6) is 0 Å². The summed E-state index contributed by atoms with van der Waals surface area (Å²) >= 11 is 1.18. The lowest BCUT2D eigenvalue weighted by molar-refractivity contribution is -0.128. The number of carbonyl (C=O) groups is 1. The molecule has 0 fully saturated rings. The summed E-state index contributed by atoms with van der Waals surface area (Å²) in [6, 6.07) is 17.0. The van der Waals surface area contributed by atoms with Gasteiger partial charge in [0, 0.05) is 13.1 Å². The summed E-state index contributed by atoms with van der Waals surface area (Å²) in [6.07, 6.45) is 0.396. The van der Waals surface area contributed by atoms with Crippen LogP contribution in [0, 0.1) is 36.5 Å². The number of aromatic nitrogens is 2. The van der Waals surface area contributed by atoms with Gasteiger partial charge in [-0.05, 0) is 49.2 Å². The summed E-state index contributed by atoms with van der Waals surface area (Å²) in [7, 11) is 0. The molecule has 3 rings (SSSR count). The van der Waals surface area contributed by atoms with Crippen molar-refractivity contribution in [1.82, 2.24) is 14.5 Å². The molecule has 1 heterocycles. The van der Waals surface area contributed by atoms with E-state index in [1.165, 1.54) is 16.7 Å². The summed E-state index contributed by atoms with van der Waals surface area (Å²) in [5.41, 5.74) is 3.23. The van der Waals surface area contributed by atoms with Gasteiger partial charge >= 0.3 is 0 Å².